The van der Waals surface area contributed by atoms with Crippen molar-refractivity contribution in [1.82, 2.24) is 0 Å². The maximum atomic E-state index is 11.3. The summed E-state index contributed by atoms with van der Waals surface area (Å²) >= 11 is 4.15. The summed E-state index contributed by atoms with van der Waals surface area (Å²) in [4.78, 5) is 0. The third-order valence-electron chi connectivity index (χ3n) is 8.35. The number of rotatable bonds is 19. The van der Waals surface area contributed by atoms with Gasteiger partial charge in [-0.15, -0.1) is 30.1 Å². The number of aliphatic hydroxyl groups is 1. The minimum Gasteiger partial charge on any atom is -0.413 e. The van der Waals surface area contributed by atoms with Gasteiger partial charge in [0.15, 0.2) is 8.32 Å². The molecule has 0 aromatic heterocycles. The summed E-state index contributed by atoms with van der Waals surface area (Å²) in [7, 11) is -2.95. The number of thioether (sulfide) groups is 2. The zero-order chi connectivity index (χ0) is 29.9. The lowest BCUT2D eigenvalue weighted by Gasteiger charge is -2.43. The Labute approximate surface area is 253 Å². The molecule has 1 aliphatic heterocycles. The van der Waals surface area contributed by atoms with E-state index in [-0.39, 0.29) is 21.3 Å². The number of hydrogen-bond donors (Lipinski definition) is 1. The maximum absolute atomic E-state index is 11.3. The molecule has 0 radical (unpaired) electrons. The van der Waals surface area contributed by atoms with Crippen molar-refractivity contribution in [2.45, 2.75) is 146 Å². The van der Waals surface area contributed by atoms with Crippen molar-refractivity contribution in [1.29, 1.82) is 0 Å². The number of ether oxygens (including phenoxy) is 2. The van der Waals surface area contributed by atoms with E-state index in [2.05, 4.69) is 104 Å². The minimum atomic E-state index is -1.84. The molecule has 1 heterocycles. The smallest absolute Gasteiger partial charge is 0.192 e. The van der Waals surface area contributed by atoms with Gasteiger partial charge in [-0.25, -0.2) is 0 Å². The highest BCUT2D eigenvalue weighted by molar-refractivity contribution is 8.18. The Hall–Kier alpha value is 0.714. The fourth-order valence-electron chi connectivity index (χ4n) is 4.76. The van der Waals surface area contributed by atoms with Crippen molar-refractivity contribution in [3.63, 3.8) is 0 Å². The zero-order valence-corrected chi connectivity index (χ0v) is 31.1. The van der Waals surface area contributed by atoms with Crippen molar-refractivity contribution in [3.05, 3.63) is 12.7 Å². The lowest BCUT2D eigenvalue weighted by Crippen LogP contribution is -2.47. The Morgan fingerprint density at radius 1 is 1.05 bits per heavy atom. The summed E-state index contributed by atoms with van der Waals surface area (Å²) in [6.45, 7) is 30.8. The van der Waals surface area contributed by atoms with E-state index in [0.717, 1.165) is 38.3 Å². The van der Waals surface area contributed by atoms with Gasteiger partial charge in [0.25, 0.3) is 0 Å². The Morgan fingerprint density at radius 2 is 1.67 bits per heavy atom. The molecular weight excluding hydrogens is 557 g/mol. The molecule has 8 heteroatoms. The fourth-order valence-corrected chi connectivity index (χ4v) is 10.5. The Bertz CT molecular complexity index is 685. The van der Waals surface area contributed by atoms with Crippen molar-refractivity contribution < 1.29 is 19.0 Å². The van der Waals surface area contributed by atoms with Gasteiger partial charge in [0.2, 0.25) is 0 Å². The molecular formula is C31H64O4S2Si2. The molecule has 1 saturated heterocycles. The fraction of sp³-hybridized carbons (Fsp3) is 0.935. The van der Waals surface area contributed by atoms with Crippen LogP contribution in [0.15, 0.2) is 12.7 Å². The molecule has 0 spiro atoms. The molecule has 0 bridgehead atoms. The van der Waals surface area contributed by atoms with E-state index in [9.17, 15) is 5.11 Å². The first-order valence-electron chi connectivity index (χ1n) is 15.4. The molecule has 1 unspecified atom stereocenters. The summed E-state index contributed by atoms with van der Waals surface area (Å²) in [6, 6.07) is 1.14. The molecule has 1 fully saturated rings. The average Bonchev–Trinajstić information content (AvgIpc) is 2.80. The second kappa shape index (κ2) is 17.1. The summed E-state index contributed by atoms with van der Waals surface area (Å²) in [5, 5.41) is 11.5. The molecule has 0 aromatic carbocycles. The van der Waals surface area contributed by atoms with Crippen molar-refractivity contribution in [3.8, 4) is 0 Å². The van der Waals surface area contributed by atoms with E-state index < -0.39 is 22.5 Å². The van der Waals surface area contributed by atoms with E-state index in [1.807, 2.05) is 6.08 Å². The first kappa shape index (κ1) is 37.7. The summed E-state index contributed by atoms with van der Waals surface area (Å²) < 4.78 is 18.9. The van der Waals surface area contributed by atoms with Crippen LogP contribution in [-0.2, 0) is 13.9 Å². The van der Waals surface area contributed by atoms with Crippen LogP contribution in [0, 0.1) is 11.8 Å². The van der Waals surface area contributed by atoms with E-state index in [1.54, 1.807) is 0 Å². The molecule has 4 atom stereocenters. The minimum absolute atomic E-state index is 0.0535. The molecule has 0 aromatic rings. The second-order valence-corrected chi connectivity index (χ2v) is 28.4. The molecule has 0 aliphatic carbocycles. The monoisotopic (exact) mass is 620 g/mol. The predicted molar refractivity (Wildman–Crippen MR) is 181 cm³/mol. The van der Waals surface area contributed by atoms with Crippen LogP contribution in [0.5, 0.6) is 0 Å². The highest BCUT2D eigenvalue weighted by Crippen LogP contribution is 2.50. The van der Waals surface area contributed by atoms with Crippen molar-refractivity contribution in [2.24, 2.45) is 11.8 Å². The van der Waals surface area contributed by atoms with Crippen LogP contribution in [-0.4, -0.2) is 68.8 Å². The lowest BCUT2D eigenvalue weighted by molar-refractivity contribution is -0.0962. The number of hydrogen-bond acceptors (Lipinski definition) is 6. The second-order valence-electron chi connectivity index (χ2n) is 14.8. The van der Waals surface area contributed by atoms with Crippen molar-refractivity contribution in [2.75, 3.05) is 24.9 Å². The van der Waals surface area contributed by atoms with Gasteiger partial charge < -0.3 is 19.0 Å². The molecule has 1 aliphatic rings. The maximum Gasteiger partial charge on any atom is 0.192 e. The van der Waals surface area contributed by atoms with Crippen LogP contribution >= 0.6 is 23.5 Å². The predicted octanol–water partition coefficient (Wildman–Crippen LogP) is 9.43. The van der Waals surface area contributed by atoms with Crippen LogP contribution in [0.25, 0.3) is 0 Å². The Kier molecular flexibility index (Phi) is 16.6. The molecule has 1 rings (SSSR count). The Balaban J connectivity index is 2.77. The molecule has 232 valence electrons. The SMILES string of the molecule is C=CC[C@H](CC(O)CC1(CC[C@H](C)[C@H](O[Si](C)(C)C(C)(C)C)C(C)C)SCCCS1)OCOCC[Si](C)(C)C. The van der Waals surface area contributed by atoms with Gasteiger partial charge in [0.1, 0.15) is 6.79 Å². The van der Waals surface area contributed by atoms with Crippen LogP contribution < -0.4 is 0 Å². The van der Waals surface area contributed by atoms with E-state index in [0.29, 0.717) is 25.0 Å². The molecule has 39 heavy (non-hydrogen) atoms. The summed E-state index contributed by atoms with van der Waals surface area (Å²) in [5.74, 6) is 3.34. The van der Waals surface area contributed by atoms with Crippen LogP contribution in [0.3, 0.4) is 0 Å². The van der Waals surface area contributed by atoms with Gasteiger partial charge in [-0.05, 0) is 86.0 Å². The third-order valence-corrected chi connectivity index (χ3v) is 18.0. The topological polar surface area (TPSA) is 47.9 Å². The zero-order valence-electron chi connectivity index (χ0n) is 27.4. The standard InChI is InChI=1S/C31H64O4S2Si2/c1-13-15-28(34-24-33-18-21-38(8,9)10)22-27(32)23-31(36-19-14-20-37-31)17-16-26(4)29(25(2)3)35-39(11,12)30(5,6)7/h13,25-29,32H,1,14-24H2,2-12H3/t26-,27?,28+,29+/m0/s1. The molecule has 0 amide bonds. The summed E-state index contributed by atoms with van der Waals surface area (Å²) in [5.41, 5.74) is 0. The van der Waals surface area contributed by atoms with E-state index >= 15 is 0 Å². The van der Waals surface area contributed by atoms with E-state index in [1.165, 1.54) is 17.9 Å². The van der Waals surface area contributed by atoms with Crippen LogP contribution in [0.1, 0.15) is 80.1 Å². The Morgan fingerprint density at radius 3 is 2.18 bits per heavy atom. The summed E-state index contributed by atoms with van der Waals surface area (Å²) in [6.07, 6.45) is 7.38. The normalized spacial score (nSPS) is 20.0. The van der Waals surface area contributed by atoms with Gasteiger partial charge in [0, 0.05) is 20.8 Å². The van der Waals surface area contributed by atoms with Gasteiger partial charge in [-0.3, -0.25) is 0 Å². The molecule has 1 N–H and O–H groups in total. The largest absolute Gasteiger partial charge is 0.413 e. The number of aliphatic hydroxyl groups excluding tert-OH is 1. The highest BCUT2D eigenvalue weighted by Gasteiger charge is 2.42. The first-order chi connectivity index (χ1) is 17.9. The van der Waals surface area contributed by atoms with E-state index in [4.69, 9.17) is 13.9 Å². The van der Waals surface area contributed by atoms with Crippen LogP contribution in [0.2, 0.25) is 43.8 Å². The third kappa shape index (κ3) is 14.6. The molecule has 4 nitrogen and oxygen atoms in total. The van der Waals surface area contributed by atoms with Crippen molar-refractivity contribution >= 4 is 39.9 Å². The van der Waals surface area contributed by atoms with Gasteiger partial charge in [-0.1, -0.05) is 67.3 Å². The first-order valence-corrected chi connectivity index (χ1v) is 23.9. The highest BCUT2D eigenvalue weighted by atomic mass is 32.2. The van der Waals surface area contributed by atoms with Crippen LogP contribution in [0.4, 0.5) is 0 Å². The average molecular weight is 621 g/mol. The van der Waals surface area contributed by atoms with Gasteiger partial charge in [0.05, 0.1) is 16.3 Å². The molecule has 0 saturated carbocycles. The quantitative estimate of drug-likeness (QED) is 0.0672. The van der Waals surface area contributed by atoms with Gasteiger partial charge >= 0.3 is 0 Å². The lowest BCUT2D eigenvalue weighted by atomic mass is 9.89. The van der Waals surface area contributed by atoms with Gasteiger partial charge in [-0.2, -0.15) is 0 Å².